The minimum absolute atomic E-state index is 0.237. The normalized spacial score (nSPS) is 11.2. The third kappa shape index (κ3) is 4.21. The predicted octanol–water partition coefficient (Wildman–Crippen LogP) is 3.76. The molecule has 0 spiro atoms. The maximum atomic E-state index is 12.1. The molecule has 0 radical (unpaired) electrons. The monoisotopic (exact) mass is 369 g/mol. The fraction of sp³-hybridized carbons (Fsp3) is 0.211. The smallest absolute Gasteiger partial charge is 0.248 e. The summed E-state index contributed by atoms with van der Waals surface area (Å²) >= 11 is 6.07. The first-order chi connectivity index (χ1) is 12.6. The number of nitrogens with one attached hydrogen (secondary N) is 1. The quantitative estimate of drug-likeness (QED) is 0.673. The summed E-state index contributed by atoms with van der Waals surface area (Å²) in [6.07, 6.45) is 8.41. The number of hydrogen-bond acceptors (Lipinski definition) is 3. The predicted molar refractivity (Wildman–Crippen MR) is 103 cm³/mol. The molecule has 3 aromatic rings. The fourth-order valence-electron chi connectivity index (χ4n) is 2.61. The van der Waals surface area contributed by atoms with Crippen LogP contribution >= 0.6 is 11.6 Å². The lowest BCUT2D eigenvalue weighted by atomic mass is 10.2. The van der Waals surface area contributed by atoms with Crippen LogP contribution in [-0.4, -0.2) is 25.5 Å². The molecule has 0 bridgehead atoms. The number of aryl methyl sites for hydroxylation is 1. The molecule has 0 aliphatic heterocycles. The average molecular weight is 370 g/mol. The van der Waals surface area contributed by atoms with Crippen molar-refractivity contribution in [1.29, 1.82) is 0 Å². The number of carbonyl (C=O) groups excluding carboxylic acids is 1. The van der Waals surface area contributed by atoms with Gasteiger partial charge in [-0.25, -0.2) is 0 Å². The molecular formula is C19H20ClN5O. The van der Waals surface area contributed by atoms with Gasteiger partial charge in [0.2, 0.25) is 5.91 Å². The van der Waals surface area contributed by atoms with Gasteiger partial charge in [-0.15, -0.1) is 0 Å². The van der Waals surface area contributed by atoms with E-state index in [4.69, 9.17) is 11.6 Å². The highest BCUT2D eigenvalue weighted by atomic mass is 35.5. The number of anilines is 1. The lowest BCUT2D eigenvalue weighted by Gasteiger charge is -2.03. The number of hydrogen-bond donors (Lipinski definition) is 1. The van der Waals surface area contributed by atoms with E-state index in [1.54, 1.807) is 29.2 Å². The number of rotatable bonds is 6. The van der Waals surface area contributed by atoms with Crippen LogP contribution in [0.25, 0.3) is 6.08 Å². The second kappa shape index (κ2) is 8.01. The van der Waals surface area contributed by atoms with Crippen molar-refractivity contribution in [2.75, 3.05) is 5.32 Å². The van der Waals surface area contributed by atoms with Crippen LogP contribution in [0.3, 0.4) is 0 Å². The van der Waals surface area contributed by atoms with Crippen LogP contribution < -0.4 is 5.32 Å². The maximum absolute atomic E-state index is 12.1. The highest BCUT2D eigenvalue weighted by Crippen LogP contribution is 2.16. The molecule has 0 fully saturated rings. The molecule has 0 unspecified atom stereocenters. The summed E-state index contributed by atoms with van der Waals surface area (Å²) in [7, 11) is 0. The van der Waals surface area contributed by atoms with Crippen molar-refractivity contribution in [1.82, 2.24) is 19.6 Å². The molecular weight excluding hydrogens is 350 g/mol. The number of benzene rings is 1. The molecule has 6 nitrogen and oxygen atoms in total. The molecule has 1 N–H and O–H groups in total. The second-order valence-corrected chi connectivity index (χ2v) is 6.25. The van der Waals surface area contributed by atoms with Crippen molar-refractivity contribution in [2.24, 2.45) is 0 Å². The van der Waals surface area contributed by atoms with Crippen molar-refractivity contribution in [3.63, 3.8) is 0 Å². The minimum atomic E-state index is -0.237. The molecule has 0 saturated heterocycles. The van der Waals surface area contributed by atoms with Crippen LogP contribution in [0.2, 0.25) is 5.02 Å². The van der Waals surface area contributed by atoms with Gasteiger partial charge in [-0.2, -0.15) is 10.2 Å². The lowest BCUT2D eigenvalue weighted by molar-refractivity contribution is -0.111. The summed E-state index contributed by atoms with van der Waals surface area (Å²) in [5.74, 6) is -0.237. The molecule has 0 saturated carbocycles. The Morgan fingerprint density at radius 3 is 2.81 bits per heavy atom. The highest BCUT2D eigenvalue weighted by molar-refractivity contribution is 6.32. The van der Waals surface area contributed by atoms with E-state index < -0.39 is 0 Å². The molecule has 1 aromatic carbocycles. The minimum Gasteiger partial charge on any atom is -0.320 e. The van der Waals surface area contributed by atoms with Crippen LogP contribution in [0.1, 0.15) is 23.7 Å². The van der Waals surface area contributed by atoms with Crippen molar-refractivity contribution in [3.8, 4) is 0 Å². The zero-order valence-corrected chi connectivity index (χ0v) is 15.4. The van der Waals surface area contributed by atoms with Gasteiger partial charge in [0.15, 0.2) is 0 Å². The standard InChI is InChI=1S/C19H20ClN5O/c1-3-25-14(2)16(10-22-25)12-24-13-17(11-21-24)23-19(26)9-8-15-6-4-5-7-18(15)20/h4-11,13H,3,12H2,1-2H3,(H,23,26)/b9-8+. The number of amides is 1. The van der Waals surface area contributed by atoms with Gasteiger partial charge in [-0.3, -0.25) is 14.2 Å². The Bertz CT molecular complexity index is 941. The molecule has 0 aliphatic carbocycles. The summed E-state index contributed by atoms with van der Waals surface area (Å²) in [6, 6.07) is 7.35. The van der Waals surface area contributed by atoms with Crippen LogP contribution in [0.15, 0.2) is 48.9 Å². The maximum Gasteiger partial charge on any atom is 0.248 e. The van der Waals surface area contributed by atoms with Crippen LogP contribution in [0, 0.1) is 6.92 Å². The van der Waals surface area contributed by atoms with Crippen molar-refractivity contribution < 1.29 is 4.79 Å². The third-order valence-electron chi connectivity index (χ3n) is 4.06. The third-order valence-corrected chi connectivity index (χ3v) is 4.40. The summed E-state index contributed by atoms with van der Waals surface area (Å²) in [5.41, 5.74) is 3.66. The Morgan fingerprint density at radius 1 is 1.27 bits per heavy atom. The van der Waals surface area contributed by atoms with E-state index in [1.165, 1.54) is 6.08 Å². The number of nitrogens with zero attached hydrogens (tertiary/aromatic N) is 4. The van der Waals surface area contributed by atoms with Gasteiger partial charge in [-0.1, -0.05) is 29.8 Å². The summed E-state index contributed by atoms with van der Waals surface area (Å²) in [4.78, 5) is 12.1. The van der Waals surface area contributed by atoms with Gasteiger partial charge in [-0.05, 0) is 31.6 Å². The molecule has 2 aromatic heterocycles. The lowest BCUT2D eigenvalue weighted by Crippen LogP contribution is -2.07. The SMILES string of the molecule is CCn1ncc(Cn2cc(NC(=O)/C=C/c3ccccc3Cl)cn2)c1C. The van der Waals surface area contributed by atoms with E-state index in [0.717, 1.165) is 23.4 Å². The highest BCUT2D eigenvalue weighted by Gasteiger charge is 2.08. The molecule has 0 atom stereocenters. The van der Waals surface area contributed by atoms with Crippen LogP contribution in [-0.2, 0) is 17.9 Å². The van der Waals surface area contributed by atoms with Gasteiger partial charge >= 0.3 is 0 Å². The van der Waals surface area contributed by atoms with E-state index in [2.05, 4.69) is 22.4 Å². The fourth-order valence-corrected chi connectivity index (χ4v) is 2.81. The van der Waals surface area contributed by atoms with Crippen molar-refractivity contribution in [3.05, 3.63) is 70.8 Å². The summed E-state index contributed by atoms with van der Waals surface area (Å²) in [5, 5.41) is 12.0. The van der Waals surface area contributed by atoms with Gasteiger partial charge in [0.05, 0.1) is 24.6 Å². The van der Waals surface area contributed by atoms with E-state index in [9.17, 15) is 4.79 Å². The average Bonchev–Trinajstić information content (AvgIpc) is 3.21. The van der Waals surface area contributed by atoms with Gasteiger partial charge in [0.25, 0.3) is 0 Å². The first kappa shape index (κ1) is 17.9. The number of aromatic nitrogens is 4. The molecule has 26 heavy (non-hydrogen) atoms. The largest absolute Gasteiger partial charge is 0.320 e. The molecule has 134 valence electrons. The van der Waals surface area contributed by atoms with Crippen molar-refractivity contribution in [2.45, 2.75) is 26.9 Å². The number of halogens is 1. The summed E-state index contributed by atoms with van der Waals surface area (Å²) in [6.45, 7) is 5.54. The zero-order valence-electron chi connectivity index (χ0n) is 14.7. The topological polar surface area (TPSA) is 64.7 Å². The molecule has 0 aliphatic rings. The Hall–Kier alpha value is -2.86. The van der Waals surface area contributed by atoms with Gasteiger partial charge in [0.1, 0.15) is 0 Å². The Labute approximate surface area is 157 Å². The molecule has 1 amide bonds. The first-order valence-electron chi connectivity index (χ1n) is 8.34. The van der Waals surface area contributed by atoms with Crippen LogP contribution in [0.5, 0.6) is 0 Å². The molecule has 2 heterocycles. The first-order valence-corrected chi connectivity index (χ1v) is 8.72. The van der Waals surface area contributed by atoms with Gasteiger partial charge in [0, 0.05) is 35.1 Å². The van der Waals surface area contributed by atoms with E-state index >= 15 is 0 Å². The zero-order chi connectivity index (χ0) is 18.5. The Balaban J connectivity index is 1.62. The summed E-state index contributed by atoms with van der Waals surface area (Å²) < 4.78 is 3.72. The van der Waals surface area contributed by atoms with Crippen molar-refractivity contribution >= 4 is 29.3 Å². The number of carbonyl (C=O) groups is 1. The molecule has 7 heteroatoms. The second-order valence-electron chi connectivity index (χ2n) is 5.84. The van der Waals surface area contributed by atoms with E-state index in [1.807, 2.05) is 36.0 Å². The van der Waals surface area contributed by atoms with E-state index in [0.29, 0.717) is 17.3 Å². The Kier molecular flexibility index (Phi) is 5.53. The van der Waals surface area contributed by atoms with Crippen LogP contribution in [0.4, 0.5) is 5.69 Å². The Morgan fingerprint density at radius 2 is 2.08 bits per heavy atom. The van der Waals surface area contributed by atoms with Gasteiger partial charge < -0.3 is 5.32 Å². The van der Waals surface area contributed by atoms with E-state index in [-0.39, 0.29) is 5.91 Å². The molecule has 3 rings (SSSR count).